The van der Waals surface area contributed by atoms with Gasteiger partial charge in [0.2, 0.25) is 5.91 Å². The van der Waals surface area contributed by atoms with E-state index in [0.717, 1.165) is 24.1 Å². The zero-order valence-corrected chi connectivity index (χ0v) is 10.7. The first kappa shape index (κ1) is 14.7. The zero-order valence-electron chi connectivity index (χ0n) is 10.7. The van der Waals surface area contributed by atoms with Crippen molar-refractivity contribution in [2.24, 2.45) is 0 Å². The number of hydrogen-bond donors (Lipinski definition) is 3. The lowest BCUT2D eigenvalue weighted by Gasteiger charge is -2.08. The van der Waals surface area contributed by atoms with E-state index in [1.807, 2.05) is 24.3 Å². The Hall–Kier alpha value is -1.39. The van der Waals surface area contributed by atoms with E-state index in [0.29, 0.717) is 12.8 Å². The van der Waals surface area contributed by atoms with Gasteiger partial charge in [0.05, 0.1) is 6.10 Å². The molecule has 4 heteroatoms. The lowest BCUT2D eigenvalue weighted by Crippen LogP contribution is -2.14. The molecular weight excluding hydrogens is 230 g/mol. The molecule has 0 fully saturated rings. The highest BCUT2D eigenvalue weighted by atomic mass is 16.3. The van der Waals surface area contributed by atoms with Crippen LogP contribution in [0.4, 0.5) is 5.69 Å². The van der Waals surface area contributed by atoms with Gasteiger partial charge in [-0.1, -0.05) is 12.1 Å². The van der Waals surface area contributed by atoms with Crippen LogP contribution in [0.3, 0.4) is 0 Å². The lowest BCUT2D eigenvalue weighted by molar-refractivity contribution is -0.116. The summed E-state index contributed by atoms with van der Waals surface area (Å²) in [6, 6.07) is 7.61. The Kier molecular flexibility index (Phi) is 6.39. The number of aliphatic hydroxyl groups is 2. The molecule has 0 saturated carbocycles. The fourth-order valence-corrected chi connectivity index (χ4v) is 1.65. The van der Waals surface area contributed by atoms with Gasteiger partial charge < -0.3 is 15.5 Å². The van der Waals surface area contributed by atoms with Gasteiger partial charge in [0.15, 0.2) is 0 Å². The quantitative estimate of drug-likeness (QED) is 0.691. The molecule has 0 aromatic heterocycles. The van der Waals surface area contributed by atoms with E-state index >= 15 is 0 Å². The van der Waals surface area contributed by atoms with Crippen LogP contribution in [0.2, 0.25) is 0 Å². The molecule has 18 heavy (non-hydrogen) atoms. The molecule has 1 amide bonds. The summed E-state index contributed by atoms with van der Waals surface area (Å²) >= 11 is 0. The van der Waals surface area contributed by atoms with Crippen molar-refractivity contribution in [2.75, 3.05) is 11.9 Å². The summed E-state index contributed by atoms with van der Waals surface area (Å²) in [6.45, 7) is 1.84. The molecule has 0 aliphatic carbocycles. The van der Waals surface area contributed by atoms with E-state index < -0.39 is 6.10 Å². The number of hydrogen-bond acceptors (Lipinski definition) is 3. The van der Waals surface area contributed by atoms with Gasteiger partial charge in [-0.15, -0.1) is 0 Å². The first-order valence-corrected chi connectivity index (χ1v) is 6.29. The summed E-state index contributed by atoms with van der Waals surface area (Å²) in [7, 11) is 0. The monoisotopic (exact) mass is 251 g/mol. The Balaban J connectivity index is 2.48. The Morgan fingerprint density at radius 1 is 1.44 bits per heavy atom. The molecule has 0 radical (unpaired) electrons. The minimum atomic E-state index is -0.452. The van der Waals surface area contributed by atoms with Gasteiger partial charge in [-0.3, -0.25) is 4.79 Å². The maximum absolute atomic E-state index is 11.6. The van der Waals surface area contributed by atoms with Crippen LogP contribution in [-0.2, 0) is 11.2 Å². The second-order valence-electron chi connectivity index (χ2n) is 4.46. The average Bonchev–Trinajstić information content (AvgIpc) is 2.34. The number of nitrogens with one attached hydrogen (secondary N) is 1. The Bertz CT molecular complexity index is 377. The van der Waals surface area contributed by atoms with E-state index in [1.54, 1.807) is 6.92 Å². The Morgan fingerprint density at radius 2 is 2.22 bits per heavy atom. The molecule has 0 aliphatic rings. The number of carbonyl (C=O) groups excluding carboxylic acids is 1. The zero-order chi connectivity index (χ0) is 13.4. The van der Waals surface area contributed by atoms with E-state index in [1.165, 1.54) is 0 Å². The lowest BCUT2D eigenvalue weighted by atomic mass is 10.1. The van der Waals surface area contributed by atoms with E-state index in [9.17, 15) is 4.79 Å². The molecule has 4 nitrogen and oxygen atoms in total. The van der Waals surface area contributed by atoms with Crippen LogP contribution in [0.5, 0.6) is 0 Å². The molecule has 1 atom stereocenters. The van der Waals surface area contributed by atoms with Crippen LogP contribution < -0.4 is 5.32 Å². The van der Waals surface area contributed by atoms with Crippen molar-refractivity contribution < 1.29 is 15.0 Å². The van der Waals surface area contributed by atoms with Crippen molar-refractivity contribution in [2.45, 2.75) is 38.7 Å². The molecule has 1 aromatic carbocycles. The third-order valence-corrected chi connectivity index (χ3v) is 2.62. The minimum absolute atomic E-state index is 0.0878. The number of rotatable bonds is 7. The van der Waals surface area contributed by atoms with Crippen molar-refractivity contribution in [3.8, 4) is 0 Å². The third-order valence-electron chi connectivity index (χ3n) is 2.62. The number of anilines is 1. The van der Waals surface area contributed by atoms with Gasteiger partial charge >= 0.3 is 0 Å². The Morgan fingerprint density at radius 3 is 2.89 bits per heavy atom. The highest BCUT2D eigenvalue weighted by molar-refractivity contribution is 5.90. The summed E-state index contributed by atoms with van der Waals surface area (Å²) in [6.07, 6.45) is 1.86. The van der Waals surface area contributed by atoms with Crippen LogP contribution >= 0.6 is 0 Å². The van der Waals surface area contributed by atoms with Crippen molar-refractivity contribution in [1.82, 2.24) is 0 Å². The van der Waals surface area contributed by atoms with Gasteiger partial charge in [0.25, 0.3) is 0 Å². The highest BCUT2D eigenvalue weighted by Crippen LogP contribution is 2.13. The van der Waals surface area contributed by atoms with Crippen molar-refractivity contribution in [3.63, 3.8) is 0 Å². The first-order valence-electron chi connectivity index (χ1n) is 6.29. The van der Waals surface area contributed by atoms with Gasteiger partial charge in [0, 0.05) is 18.7 Å². The molecule has 0 spiro atoms. The van der Waals surface area contributed by atoms with Crippen molar-refractivity contribution in [3.05, 3.63) is 29.8 Å². The SMILES string of the molecule is CC(O)CCC(=O)Nc1cccc(CCCO)c1. The number of aryl methyl sites for hydroxylation is 1. The van der Waals surface area contributed by atoms with Crippen LogP contribution in [-0.4, -0.2) is 28.8 Å². The number of amides is 1. The predicted molar refractivity (Wildman–Crippen MR) is 71.4 cm³/mol. The number of carbonyl (C=O) groups is 1. The van der Waals surface area contributed by atoms with Gasteiger partial charge in [-0.25, -0.2) is 0 Å². The first-order chi connectivity index (χ1) is 8.61. The topological polar surface area (TPSA) is 69.6 Å². The van der Waals surface area contributed by atoms with Gasteiger partial charge in [-0.2, -0.15) is 0 Å². The molecule has 3 N–H and O–H groups in total. The molecule has 0 aliphatic heterocycles. The largest absolute Gasteiger partial charge is 0.396 e. The van der Waals surface area contributed by atoms with Crippen LogP contribution in [0.1, 0.15) is 31.7 Å². The maximum atomic E-state index is 11.6. The number of benzene rings is 1. The fourth-order valence-electron chi connectivity index (χ4n) is 1.65. The average molecular weight is 251 g/mol. The number of aliphatic hydroxyl groups excluding tert-OH is 2. The summed E-state index contributed by atoms with van der Waals surface area (Å²) in [5.74, 6) is -0.0878. The van der Waals surface area contributed by atoms with Crippen LogP contribution in [0.15, 0.2) is 24.3 Å². The molecule has 1 unspecified atom stereocenters. The van der Waals surface area contributed by atoms with Gasteiger partial charge in [0.1, 0.15) is 0 Å². The summed E-state index contributed by atoms with van der Waals surface area (Å²) < 4.78 is 0. The van der Waals surface area contributed by atoms with Crippen LogP contribution in [0.25, 0.3) is 0 Å². The maximum Gasteiger partial charge on any atom is 0.224 e. The van der Waals surface area contributed by atoms with Crippen molar-refractivity contribution >= 4 is 11.6 Å². The normalized spacial score (nSPS) is 12.2. The smallest absolute Gasteiger partial charge is 0.224 e. The summed E-state index contributed by atoms with van der Waals surface area (Å²) in [4.78, 5) is 11.6. The second kappa shape index (κ2) is 7.84. The minimum Gasteiger partial charge on any atom is -0.396 e. The highest BCUT2D eigenvalue weighted by Gasteiger charge is 2.05. The van der Waals surface area contributed by atoms with Gasteiger partial charge in [-0.05, 0) is 43.9 Å². The fraction of sp³-hybridized carbons (Fsp3) is 0.500. The second-order valence-corrected chi connectivity index (χ2v) is 4.46. The molecule has 0 heterocycles. The molecular formula is C14H21NO3. The summed E-state index contributed by atoms with van der Waals surface area (Å²) in [5, 5.41) is 20.7. The third kappa shape index (κ3) is 5.80. The van der Waals surface area contributed by atoms with Crippen LogP contribution in [0, 0.1) is 0 Å². The molecule has 1 aromatic rings. The summed E-state index contributed by atoms with van der Waals surface area (Å²) in [5.41, 5.74) is 1.86. The molecule has 0 saturated heterocycles. The molecule has 100 valence electrons. The standard InChI is InChI=1S/C14H21NO3/c1-11(17)7-8-14(18)15-13-6-2-4-12(10-13)5-3-9-16/h2,4,6,10-11,16-17H,3,5,7-9H2,1H3,(H,15,18). The Labute approximate surface area is 108 Å². The molecule has 0 bridgehead atoms. The van der Waals surface area contributed by atoms with E-state index in [4.69, 9.17) is 10.2 Å². The van der Waals surface area contributed by atoms with E-state index in [2.05, 4.69) is 5.32 Å². The van der Waals surface area contributed by atoms with Crippen molar-refractivity contribution in [1.29, 1.82) is 0 Å². The predicted octanol–water partition coefficient (Wildman–Crippen LogP) is 1.71. The molecule has 1 rings (SSSR count). The van der Waals surface area contributed by atoms with E-state index in [-0.39, 0.29) is 12.5 Å².